The molecule has 13 rings (SSSR count). The Bertz CT molecular complexity index is 3390. The highest BCUT2D eigenvalue weighted by Crippen LogP contribution is 2.63. The van der Waals surface area contributed by atoms with E-state index in [1.807, 2.05) is 6.07 Å². The average Bonchev–Trinajstić information content (AvgIpc) is 3.90. The maximum Gasteiger partial charge on any atom is 0.137 e. The van der Waals surface area contributed by atoms with Crippen LogP contribution in [0, 0.1) is 0 Å². The number of rotatable bonds is 3. The molecule has 0 N–H and O–H groups in total. The number of anilines is 3. The van der Waals surface area contributed by atoms with E-state index in [0.717, 1.165) is 39.0 Å². The monoisotopic (exact) mass is 723 g/mol. The Morgan fingerprint density at radius 3 is 1.42 bits per heavy atom. The summed E-state index contributed by atoms with van der Waals surface area (Å²) < 4.78 is 6.57. The molecule has 2 aliphatic rings. The molecule has 0 atom stereocenters. The minimum atomic E-state index is -0.453. The van der Waals surface area contributed by atoms with Crippen LogP contribution in [0.15, 0.2) is 205 Å². The van der Waals surface area contributed by atoms with Crippen LogP contribution in [0.3, 0.4) is 0 Å². The van der Waals surface area contributed by atoms with Crippen LogP contribution in [-0.4, -0.2) is 0 Å². The summed E-state index contributed by atoms with van der Waals surface area (Å²) in [5.74, 6) is 0. The number of nitrogens with zero attached hydrogens (tertiary/aromatic N) is 1. The first kappa shape index (κ1) is 30.9. The molecule has 2 nitrogen and oxygen atoms in total. The van der Waals surface area contributed by atoms with Gasteiger partial charge in [-0.3, -0.25) is 0 Å². The van der Waals surface area contributed by atoms with Crippen LogP contribution in [0.1, 0.15) is 22.3 Å². The van der Waals surface area contributed by atoms with Gasteiger partial charge in [-0.15, -0.1) is 0 Å². The summed E-state index contributed by atoms with van der Waals surface area (Å²) in [6.07, 6.45) is 0. The molecule has 11 aromatic rings. The lowest BCUT2D eigenvalue weighted by atomic mass is 9.70. The second kappa shape index (κ2) is 11.3. The van der Waals surface area contributed by atoms with Gasteiger partial charge in [0, 0.05) is 33.6 Å². The number of para-hydroxylation sites is 1. The zero-order valence-electron chi connectivity index (χ0n) is 30.9. The van der Waals surface area contributed by atoms with Gasteiger partial charge >= 0.3 is 0 Å². The van der Waals surface area contributed by atoms with Crippen LogP contribution in [0.5, 0.6) is 0 Å². The second-order valence-corrected chi connectivity index (χ2v) is 15.5. The van der Waals surface area contributed by atoms with Crippen LogP contribution in [-0.2, 0) is 5.41 Å². The number of hydrogen-bond acceptors (Lipinski definition) is 2. The first-order valence-corrected chi connectivity index (χ1v) is 19.8. The van der Waals surface area contributed by atoms with Crippen LogP contribution >= 0.6 is 0 Å². The molecule has 1 spiro atoms. The molecular formula is C55H33NO. The van der Waals surface area contributed by atoms with Crippen molar-refractivity contribution < 1.29 is 4.42 Å². The molecule has 1 heterocycles. The molecule has 0 saturated carbocycles. The van der Waals surface area contributed by atoms with E-state index in [0.29, 0.717) is 0 Å². The lowest BCUT2D eigenvalue weighted by Crippen LogP contribution is -2.26. The standard InChI is InChI=1S/C55H33NO/c1-2-15-38-36(14-1)37-16-3-4-21-45(37)54-46(38)22-13-26-51(54)56(35-29-31-44-43-20-8-12-27-52(43)57-53(44)33-35)34-28-30-42-41-19-7-11-25-49(41)55(50(42)32-34)47-23-9-5-17-39(47)40-18-6-10-24-48(40)55/h1-33H. The van der Waals surface area contributed by atoms with E-state index < -0.39 is 5.41 Å². The highest BCUT2D eigenvalue weighted by molar-refractivity contribution is 6.29. The molecule has 0 fully saturated rings. The van der Waals surface area contributed by atoms with Crippen LogP contribution in [0.4, 0.5) is 17.1 Å². The Morgan fingerprint density at radius 1 is 0.316 bits per heavy atom. The van der Waals surface area contributed by atoms with Crippen LogP contribution < -0.4 is 4.90 Å². The summed E-state index contributed by atoms with van der Waals surface area (Å²) in [5, 5.41) is 9.72. The maximum atomic E-state index is 6.57. The zero-order valence-corrected chi connectivity index (χ0v) is 30.9. The number of benzene rings is 10. The van der Waals surface area contributed by atoms with Crippen molar-refractivity contribution in [2.24, 2.45) is 0 Å². The molecule has 0 unspecified atom stereocenters. The van der Waals surface area contributed by atoms with Gasteiger partial charge in [-0.05, 0) is 108 Å². The van der Waals surface area contributed by atoms with Gasteiger partial charge in [0.25, 0.3) is 0 Å². The van der Waals surface area contributed by atoms with E-state index >= 15 is 0 Å². The van der Waals surface area contributed by atoms with Crippen molar-refractivity contribution >= 4 is 71.3 Å². The van der Waals surface area contributed by atoms with Gasteiger partial charge in [0.1, 0.15) is 11.2 Å². The summed E-state index contributed by atoms with van der Waals surface area (Å²) in [4.78, 5) is 2.47. The quantitative estimate of drug-likeness (QED) is 0.169. The Morgan fingerprint density at radius 2 is 0.772 bits per heavy atom. The van der Waals surface area contributed by atoms with E-state index in [4.69, 9.17) is 4.42 Å². The molecule has 0 bridgehead atoms. The normalized spacial score (nSPS) is 13.4. The van der Waals surface area contributed by atoms with Crippen molar-refractivity contribution in [3.63, 3.8) is 0 Å². The fraction of sp³-hybridized carbons (Fsp3) is 0.0182. The summed E-state index contributed by atoms with van der Waals surface area (Å²) >= 11 is 0. The summed E-state index contributed by atoms with van der Waals surface area (Å²) in [5.41, 5.74) is 15.1. The van der Waals surface area contributed by atoms with Crippen molar-refractivity contribution in [1.29, 1.82) is 0 Å². The first-order chi connectivity index (χ1) is 28.3. The third kappa shape index (κ3) is 3.99. The third-order valence-electron chi connectivity index (χ3n) is 12.8. The number of hydrogen-bond donors (Lipinski definition) is 0. The molecule has 1 aromatic heterocycles. The Balaban J connectivity index is 1.15. The smallest absolute Gasteiger partial charge is 0.137 e. The number of furan rings is 1. The largest absolute Gasteiger partial charge is 0.456 e. The third-order valence-corrected chi connectivity index (χ3v) is 12.8. The SMILES string of the molecule is c1ccc2c(c1)-c1ccccc1C21c2ccccc2-c2ccc(N(c3ccc4c(c3)oc3ccccc34)c3cccc4c5ccccc5c5ccccc5c34)cc21. The Kier molecular flexibility index (Phi) is 6.13. The van der Waals surface area contributed by atoms with E-state index in [9.17, 15) is 0 Å². The van der Waals surface area contributed by atoms with E-state index in [-0.39, 0.29) is 0 Å². The summed E-state index contributed by atoms with van der Waals surface area (Å²) in [7, 11) is 0. The highest BCUT2D eigenvalue weighted by atomic mass is 16.3. The molecule has 0 aliphatic heterocycles. The van der Waals surface area contributed by atoms with Crippen LogP contribution in [0.25, 0.3) is 76.5 Å². The molecule has 264 valence electrons. The topological polar surface area (TPSA) is 16.4 Å². The molecule has 2 heteroatoms. The molecule has 2 aliphatic carbocycles. The van der Waals surface area contributed by atoms with Gasteiger partial charge in [-0.25, -0.2) is 0 Å². The molecule has 10 aromatic carbocycles. The first-order valence-electron chi connectivity index (χ1n) is 19.8. The van der Waals surface area contributed by atoms with Crippen molar-refractivity contribution in [3.05, 3.63) is 222 Å². The van der Waals surface area contributed by atoms with Gasteiger partial charge in [0.05, 0.1) is 11.1 Å². The Hall–Kier alpha value is -7.42. The zero-order chi connectivity index (χ0) is 37.2. The van der Waals surface area contributed by atoms with Gasteiger partial charge in [0.15, 0.2) is 0 Å². The highest BCUT2D eigenvalue weighted by Gasteiger charge is 2.51. The predicted octanol–water partition coefficient (Wildman–Crippen LogP) is 14.9. The van der Waals surface area contributed by atoms with Gasteiger partial charge < -0.3 is 9.32 Å². The molecule has 0 saturated heterocycles. The van der Waals surface area contributed by atoms with E-state index in [2.05, 4.69) is 199 Å². The summed E-state index contributed by atoms with van der Waals surface area (Å²) in [6, 6.07) is 73.9. The molecule has 0 radical (unpaired) electrons. The number of fused-ring (bicyclic) bond motifs is 19. The lowest BCUT2D eigenvalue weighted by molar-refractivity contribution is 0.669. The summed E-state index contributed by atoms with van der Waals surface area (Å²) in [6.45, 7) is 0. The fourth-order valence-electron chi connectivity index (χ4n) is 10.6. The predicted molar refractivity (Wildman–Crippen MR) is 237 cm³/mol. The van der Waals surface area contributed by atoms with Crippen molar-refractivity contribution in [2.45, 2.75) is 5.41 Å². The average molecular weight is 724 g/mol. The maximum absolute atomic E-state index is 6.57. The molecule has 0 amide bonds. The minimum Gasteiger partial charge on any atom is -0.456 e. The van der Waals surface area contributed by atoms with Gasteiger partial charge in [0.2, 0.25) is 0 Å². The van der Waals surface area contributed by atoms with Crippen molar-refractivity contribution in [1.82, 2.24) is 0 Å². The molecular weight excluding hydrogens is 691 g/mol. The van der Waals surface area contributed by atoms with E-state index in [1.165, 1.54) is 76.8 Å². The Labute approximate surface area is 329 Å². The minimum absolute atomic E-state index is 0.453. The van der Waals surface area contributed by atoms with Crippen molar-refractivity contribution in [3.8, 4) is 22.3 Å². The van der Waals surface area contributed by atoms with Crippen LogP contribution in [0.2, 0.25) is 0 Å². The molecule has 57 heavy (non-hydrogen) atoms. The fourth-order valence-corrected chi connectivity index (χ4v) is 10.6. The van der Waals surface area contributed by atoms with E-state index in [1.54, 1.807) is 0 Å². The van der Waals surface area contributed by atoms with Gasteiger partial charge in [-0.2, -0.15) is 0 Å². The lowest BCUT2D eigenvalue weighted by Gasteiger charge is -2.32. The van der Waals surface area contributed by atoms with Crippen molar-refractivity contribution in [2.75, 3.05) is 4.90 Å². The van der Waals surface area contributed by atoms with Gasteiger partial charge in [-0.1, -0.05) is 158 Å². The second-order valence-electron chi connectivity index (χ2n) is 15.5.